The van der Waals surface area contributed by atoms with Gasteiger partial charge in [-0.15, -0.1) is 0 Å². The zero-order valence-corrected chi connectivity index (χ0v) is 16.6. The van der Waals surface area contributed by atoms with E-state index in [0.29, 0.717) is 21.5 Å². The Balaban J connectivity index is 2.01. The monoisotopic (exact) mass is 396 g/mol. The first-order valence-electron chi connectivity index (χ1n) is 8.09. The molecule has 2 rings (SSSR count). The number of carbonyl (C=O) groups is 1. The molecule has 0 aliphatic rings. The van der Waals surface area contributed by atoms with Crippen LogP contribution in [0.25, 0.3) is 0 Å². The largest absolute Gasteiger partial charge is 0.493 e. The number of ether oxygens (including phenoxy) is 2. The predicted octanol–water partition coefficient (Wildman–Crippen LogP) is 5.13. The van der Waals surface area contributed by atoms with E-state index in [9.17, 15) is 4.79 Å². The number of hydrogen-bond donors (Lipinski definition) is 2. The topological polar surface area (TPSA) is 59.6 Å². The minimum Gasteiger partial charge on any atom is -0.493 e. The molecule has 0 aliphatic heterocycles. The van der Waals surface area contributed by atoms with Gasteiger partial charge < -0.3 is 20.1 Å². The molecule has 0 saturated carbocycles. The van der Waals surface area contributed by atoms with Gasteiger partial charge in [-0.3, -0.25) is 0 Å². The summed E-state index contributed by atoms with van der Waals surface area (Å²) in [5, 5.41) is 6.73. The fourth-order valence-corrected chi connectivity index (χ4v) is 2.81. The lowest BCUT2D eigenvalue weighted by Crippen LogP contribution is -2.38. The summed E-state index contributed by atoms with van der Waals surface area (Å²) in [5.74, 6) is 1.25. The van der Waals surface area contributed by atoms with Crippen molar-refractivity contribution >= 4 is 29.2 Å². The fourth-order valence-electron chi connectivity index (χ4n) is 2.51. The van der Waals surface area contributed by atoms with Crippen LogP contribution in [0.4, 0.5) is 4.79 Å². The highest BCUT2D eigenvalue weighted by molar-refractivity contribution is 6.42. The molecule has 7 heteroatoms. The minimum absolute atomic E-state index is 0.212. The maximum atomic E-state index is 12.3. The smallest absolute Gasteiger partial charge is 0.315 e. The average molecular weight is 397 g/mol. The molecule has 0 bridgehead atoms. The fraction of sp³-hybridized carbons (Fsp3) is 0.316. The molecule has 2 atom stereocenters. The van der Waals surface area contributed by atoms with Gasteiger partial charge in [0, 0.05) is 0 Å². The number of urea groups is 1. The van der Waals surface area contributed by atoms with Crippen LogP contribution in [0.15, 0.2) is 36.4 Å². The van der Waals surface area contributed by atoms with Crippen molar-refractivity contribution < 1.29 is 14.3 Å². The van der Waals surface area contributed by atoms with Crippen molar-refractivity contribution in [1.29, 1.82) is 0 Å². The van der Waals surface area contributed by atoms with Gasteiger partial charge in [0.25, 0.3) is 0 Å². The third kappa shape index (κ3) is 4.96. The van der Waals surface area contributed by atoms with Gasteiger partial charge in [-0.2, -0.15) is 0 Å². The molecular weight excluding hydrogens is 375 g/mol. The summed E-state index contributed by atoms with van der Waals surface area (Å²) in [6.45, 7) is 3.77. The SMILES string of the molecule is COc1ccc(C(C)NC(=O)NC(C)c2ccc(Cl)c(Cl)c2)cc1OC. The molecule has 140 valence electrons. The van der Waals surface area contributed by atoms with E-state index in [1.807, 2.05) is 38.1 Å². The summed E-state index contributed by atoms with van der Waals surface area (Å²) >= 11 is 12.0. The van der Waals surface area contributed by atoms with E-state index in [-0.39, 0.29) is 18.1 Å². The first-order valence-corrected chi connectivity index (χ1v) is 8.85. The molecule has 0 fully saturated rings. The second-order valence-corrected chi connectivity index (χ2v) is 6.66. The molecule has 5 nitrogen and oxygen atoms in total. The maximum Gasteiger partial charge on any atom is 0.315 e. The van der Waals surface area contributed by atoms with Gasteiger partial charge in [-0.05, 0) is 49.2 Å². The van der Waals surface area contributed by atoms with Crippen LogP contribution in [0.2, 0.25) is 10.0 Å². The molecule has 0 spiro atoms. The van der Waals surface area contributed by atoms with Crippen molar-refractivity contribution in [3.63, 3.8) is 0 Å². The molecule has 2 N–H and O–H groups in total. The quantitative estimate of drug-likeness (QED) is 0.710. The number of rotatable bonds is 6. The number of halogens is 2. The first kappa shape index (κ1) is 20.2. The van der Waals surface area contributed by atoms with Gasteiger partial charge in [0.1, 0.15) is 0 Å². The van der Waals surface area contributed by atoms with Crippen LogP contribution in [0, 0.1) is 0 Å². The molecule has 2 aromatic carbocycles. The van der Waals surface area contributed by atoms with E-state index in [1.165, 1.54) is 0 Å². The lowest BCUT2D eigenvalue weighted by Gasteiger charge is -2.20. The Hall–Kier alpha value is -2.11. The highest BCUT2D eigenvalue weighted by Crippen LogP contribution is 2.30. The maximum absolute atomic E-state index is 12.3. The third-order valence-corrected chi connectivity index (χ3v) is 4.79. The normalized spacial score (nSPS) is 12.8. The summed E-state index contributed by atoms with van der Waals surface area (Å²) in [7, 11) is 3.16. The van der Waals surface area contributed by atoms with Crippen LogP contribution in [0.1, 0.15) is 37.1 Å². The van der Waals surface area contributed by atoms with Crippen LogP contribution in [-0.2, 0) is 0 Å². The summed E-state index contributed by atoms with van der Waals surface area (Å²) in [4.78, 5) is 12.3. The molecule has 26 heavy (non-hydrogen) atoms. The highest BCUT2D eigenvalue weighted by atomic mass is 35.5. The zero-order chi connectivity index (χ0) is 19.3. The Bertz CT molecular complexity index is 783. The van der Waals surface area contributed by atoms with Crippen molar-refractivity contribution in [2.75, 3.05) is 14.2 Å². The van der Waals surface area contributed by atoms with E-state index in [2.05, 4.69) is 10.6 Å². The minimum atomic E-state index is -0.286. The van der Waals surface area contributed by atoms with E-state index in [0.717, 1.165) is 11.1 Å². The number of amides is 2. The summed E-state index contributed by atoms with van der Waals surface area (Å²) < 4.78 is 10.5. The standard InChI is InChI=1S/C19H22Cl2N2O3/c1-11(13-5-7-15(20)16(21)9-13)22-19(24)23-12(2)14-6-8-17(25-3)18(10-14)26-4/h5-12H,1-4H3,(H2,22,23,24). The van der Waals surface area contributed by atoms with Gasteiger partial charge >= 0.3 is 6.03 Å². The lowest BCUT2D eigenvalue weighted by atomic mass is 10.1. The Morgan fingerprint density at radius 1 is 0.846 bits per heavy atom. The number of nitrogens with one attached hydrogen (secondary N) is 2. The van der Waals surface area contributed by atoms with Gasteiger partial charge in [-0.25, -0.2) is 4.79 Å². The van der Waals surface area contributed by atoms with Gasteiger partial charge in [-0.1, -0.05) is 35.3 Å². The third-order valence-electron chi connectivity index (χ3n) is 4.05. The predicted molar refractivity (Wildman–Crippen MR) is 105 cm³/mol. The van der Waals surface area contributed by atoms with Crippen LogP contribution in [-0.4, -0.2) is 20.3 Å². The van der Waals surface area contributed by atoms with Crippen molar-refractivity contribution in [2.24, 2.45) is 0 Å². The molecule has 0 radical (unpaired) electrons. The van der Waals surface area contributed by atoms with Crippen LogP contribution in [0.3, 0.4) is 0 Å². The van der Waals surface area contributed by atoms with Crippen LogP contribution in [0.5, 0.6) is 11.5 Å². The molecule has 0 aromatic heterocycles. The Kier molecular flexibility index (Phi) is 7.00. The highest BCUT2D eigenvalue weighted by Gasteiger charge is 2.15. The number of carbonyl (C=O) groups excluding carboxylic acids is 1. The summed E-state index contributed by atoms with van der Waals surface area (Å²) in [6.07, 6.45) is 0. The molecular formula is C19H22Cl2N2O3. The summed E-state index contributed by atoms with van der Waals surface area (Å²) in [5.41, 5.74) is 1.77. The molecule has 0 aliphatic carbocycles. The molecule has 0 saturated heterocycles. The van der Waals surface area contributed by atoms with E-state index in [4.69, 9.17) is 32.7 Å². The van der Waals surface area contributed by atoms with Crippen molar-refractivity contribution in [1.82, 2.24) is 10.6 Å². The van der Waals surface area contributed by atoms with Gasteiger partial charge in [0.15, 0.2) is 11.5 Å². The lowest BCUT2D eigenvalue weighted by molar-refractivity contribution is 0.235. The van der Waals surface area contributed by atoms with Crippen molar-refractivity contribution in [3.8, 4) is 11.5 Å². The number of methoxy groups -OCH3 is 2. The Morgan fingerprint density at radius 3 is 1.92 bits per heavy atom. The van der Waals surface area contributed by atoms with Gasteiger partial charge in [0.05, 0.1) is 36.3 Å². The number of hydrogen-bond acceptors (Lipinski definition) is 3. The number of benzene rings is 2. The zero-order valence-electron chi connectivity index (χ0n) is 15.1. The second kappa shape index (κ2) is 9.01. The van der Waals surface area contributed by atoms with Crippen molar-refractivity contribution in [2.45, 2.75) is 25.9 Å². The van der Waals surface area contributed by atoms with Crippen LogP contribution < -0.4 is 20.1 Å². The van der Waals surface area contributed by atoms with E-state index in [1.54, 1.807) is 26.4 Å². The molecule has 2 aromatic rings. The Labute approximate surface area is 163 Å². The van der Waals surface area contributed by atoms with E-state index < -0.39 is 0 Å². The Morgan fingerprint density at radius 2 is 1.38 bits per heavy atom. The summed E-state index contributed by atoms with van der Waals surface area (Å²) in [6, 6.07) is 10.1. The molecule has 2 amide bonds. The van der Waals surface area contributed by atoms with Crippen molar-refractivity contribution in [3.05, 3.63) is 57.6 Å². The first-order chi connectivity index (χ1) is 12.3. The van der Waals surface area contributed by atoms with E-state index >= 15 is 0 Å². The average Bonchev–Trinajstić information content (AvgIpc) is 2.62. The van der Waals surface area contributed by atoms with Gasteiger partial charge in [0.2, 0.25) is 0 Å². The molecule has 2 unspecified atom stereocenters. The van der Waals surface area contributed by atoms with Crippen LogP contribution >= 0.6 is 23.2 Å². The second-order valence-electron chi connectivity index (χ2n) is 5.85. The molecule has 0 heterocycles.